The molecule has 0 spiro atoms. The number of aryl methyl sites for hydroxylation is 1. The summed E-state index contributed by atoms with van der Waals surface area (Å²) in [7, 11) is 0. The van der Waals surface area contributed by atoms with Gasteiger partial charge in [-0.2, -0.15) is 0 Å². The Balaban J connectivity index is 1.05. The molecule has 0 N–H and O–H groups in total. The Morgan fingerprint density at radius 2 is 1.03 bits per heavy atom. The zero-order valence-electron chi connectivity index (χ0n) is 32.3. The molecular weight excluding hydrogens is 717 g/mol. The highest BCUT2D eigenvalue weighted by Gasteiger charge is 2.21. The molecule has 0 fully saturated rings. The average molecular weight is 755 g/mol. The Bertz CT molecular complexity index is 3420. The van der Waals surface area contributed by atoms with E-state index in [9.17, 15) is 0 Å². The number of nitrogens with zero attached hydrogens (tertiary/aromatic N) is 2. The van der Waals surface area contributed by atoms with Gasteiger partial charge >= 0.3 is 0 Å². The van der Waals surface area contributed by atoms with Gasteiger partial charge in [-0.15, -0.1) is 0 Å². The second-order valence-corrected chi connectivity index (χ2v) is 15.6. The van der Waals surface area contributed by atoms with E-state index in [1.54, 1.807) is 0 Å². The van der Waals surface area contributed by atoms with E-state index >= 15 is 0 Å². The molecule has 1 aliphatic rings. The maximum atomic E-state index is 6.59. The van der Waals surface area contributed by atoms with E-state index in [4.69, 9.17) is 4.42 Å². The highest BCUT2D eigenvalue weighted by molar-refractivity contribution is 6.10. The van der Waals surface area contributed by atoms with Crippen molar-refractivity contribution < 1.29 is 4.42 Å². The molecule has 0 amide bonds. The van der Waals surface area contributed by atoms with Crippen molar-refractivity contribution in [2.24, 2.45) is 0 Å². The highest BCUT2D eigenvalue weighted by atomic mass is 16.3. The zero-order chi connectivity index (χ0) is 38.9. The minimum absolute atomic E-state index is 0.953. The van der Waals surface area contributed by atoms with E-state index in [2.05, 4.69) is 216 Å². The zero-order valence-corrected chi connectivity index (χ0v) is 32.3. The van der Waals surface area contributed by atoms with E-state index in [0.29, 0.717) is 0 Å². The molecule has 278 valence electrons. The van der Waals surface area contributed by atoms with Crippen molar-refractivity contribution in [3.8, 4) is 27.9 Å². The summed E-state index contributed by atoms with van der Waals surface area (Å²) >= 11 is 0. The van der Waals surface area contributed by atoms with Gasteiger partial charge in [0, 0.05) is 49.9 Å². The normalized spacial score (nSPS) is 12.5. The number of allylic oxidation sites excluding steroid dienone is 1. The predicted molar refractivity (Wildman–Crippen MR) is 248 cm³/mol. The Hall–Kier alpha value is -7.62. The maximum absolute atomic E-state index is 6.59. The van der Waals surface area contributed by atoms with Gasteiger partial charge in [-0.3, -0.25) is 0 Å². The Labute approximate surface area is 342 Å². The van der Waals surface area contributed by atoms with Gasteiger partial charge in [0.15, 0.2) is 0 Å². The second kappa shape index (κ2) is 13.5. The molecule has 0 unspecified atom stereocenters. The Kier molecular flexibility index (Phi) is 7.67. The fourth-order valence-corrected chi connectivity index (χ4v) is 9.53. The van der Waals surface area contributed by atoms with Gasteiger partial charge in [0.05, 0.1) is 16.7 Å². The van der Waals surface area contributed by atoms with Crippen LogP contribution in [0.1, 0.15) is 17.7 Å². The van der Waals surface area contributed by atoms with Gasteiger partial charge < -0.3 is 13.9 Å². The van der Waals surface area contributed by atoms with Gasteiger partial charge in [0.1, 0.15) is 11.3 Å². The number of hydrogen-bond acceptors (Lipinski definition) is 2. The van der Waals surface area contributed by atoms with Crippen LogP contribution in [0, 0.1) is 0 Å². The quantitative estimate of drug-likeness (QED) is 0.158. The summed E-state index contributed by atoms with van der Waals surface area (Å²) in [6, 6.07) is 70.8. The summed E-state index contributed by atoms with van der Waals surface area (Å²) < 4.78 is 9.01. The monoisotopic (exact) mass is 754 g/mol. The summed E-state index contributed by atoms with van der Waals surface area (Å²) in [6.07, 6.45) is 6.39. The van der Waals surface area contributed by atoms with Crippen LogP contribution < -0.4 is 4.90 Å². The first-order valence-corrected chi connectivity index (χ1v) is 20.5. The summed E-state index contributed by atoms with van der Waals surface area (Å²) in [5.41, 5.74) is 13.6. The molecule has 0 bridgehead atoms. The molecule has 11 aromatic rings. The van der Waals surface area contributed by atoms with Crippen LogP contribution in [0.15, 0.2) is 205 Å². The standard InChI is InChI=1S/C56H38N2O/c1-2-19-44-37(14-1)30-31-40-36-43(32-33-45(40)44)57(42-18-12-16-39(35-42)47-24-13-25-51-50-23-6-10-29-55(50)59-56(47)51)41-17-11-15-38(34-41)46-20-3-7-26-52(46)58-53-27-8-4-21-48(53)49-22-5-9-28-54(49)58/h1-5,7-22,24-36H,6,23H2. The summed E-state index contributed by atoms with van der Waals surface area (Å²) in [6.45, 7) is 0. The van der Waals surface area contributed by atoms with Gasteiger partial charge in [-0.25, -0.2) is 0 Å². The SMILES string of the molecule is C1=Cc2oc3c(-c4cccc(N(c5cccc(-c6ccccc6-n6c7ccccc7c7ccccc76)c5)c5ccc6c(ccc7ccccc76)c5)c4)cccc3c2CC1. The molecule has 59 heavy (non-hydrogen) atoms. The first-order chi connectivity index (χ1) is 29.3. The van der Waals surface area contributed by atoms with Crippen LogP contribution in [0.25, 0.3) is 88.3 Å². The van der Waals surface area contributed by atoms with Gasteiger partial charge in [-0.1, -0.05) is 146 Å². The fraction of sp³-hybridized carbons (Fsp3) is 0.0357. The molecule has 2 heterocycles. The number of anilines is 3. The molecule has 0 saturated carbocycles. The van der Waals surface area contributed by atoms with Crippen molar-refractivity contribution in [3.63, 3.8) is 0 Å². The lowest BCUT2D eigenvalue weighted by Crippen LogP contribution is -2.10. The summed E-state index contributed by atoms with van der Waals surface area (Å²) in [5, 5.41) is 8.67. The van der Waals surface area contributed by atoms with Gasteiger partial charge in [0.2, 0.25) is 0 Å². The van der Waals surface area contributed by atoms with E-state index < -0.39 is 0 Å². The number of para-hydroxylation sites is 4. The topological polar surface area (TPSA) is 21.3 Å². The molecule has 1 aliphatic carbocycles. The molecule has 0 aliphatic heterocycles. The minimum Gasteiger partial charge on any atom is -0.456 e. The lowest BCUT2D eigenvalue weighted by molar-refractivity contribution is 0.596. The maximum Gasteiger partial charge on any atom is 0.142 e. The molecule has 0 saturated heterocycles. The number of hydrogen-bond donors (Lipinski definition) is 0. The van der Waals surface area contributed by atoms with Crippen molar-refractivity contribution in [2.75, 3.05) is 4.90 Å². The van der Waals surface area contributed by atoms with Crippen LogP contribution in [-0.4, -0.2) is 4.57 Å². The third kappa shape index (κ3) is 5.43. The number of furan rings is 1. The largest absolute Gasteiger partial charge is 0.456 e. The number of aromatic nitrogens is 1. The van der Waals surface area contributed by atoms with Crippen LogP contribution in [0.2, 0.25) is 0 Å². The van der Waals surface area contributed by atoms with Crippen LogP contribution in [0.5, 0.6) is 0 Å². The van der Waals surface area contributed by atoms with E-state index in [0.717, 1.165) is 63.6 Å². The molecule has 3 nitrogen and oxygen atoms in total. The minimum atomic E-state index is 0.953. The fourth-order valence-electron chi connectivity index (χ4n) is 9.53. The molecule has 3 heteroatoms. The van der Waals surface area contributed by atoms with E-state index in [1.165, 1.54) is 59.9 Å². The highest BCUT2D eigenvalue weighted by Crippen LogP contribution is 2.43. The second-order valence-electron chi connectivity index (χ2n) is 15.6. The van der Waals surface area contributed by atoms with Gasteiger partial charge in [-0.05, 0) is 106 Å². The molecule has 9 aromatic carbocycles. The predicted octanol–water partition coefficient (Wildman–Crippen LogP) is 15.6. The molecule has 2 aromatic heterocycles. The molecular formula is C56H38N2O. The number of rotatable bonds is 6. The van der Waals surface area contributed by atoms with Gasteiger partial charge in [0.25, 0.3) is 0 Å². The van der Waals surface area contributed by atoms with Crippen LogP contribution in [0.3, 0.4) is 0 Å². The first kappa shape index (κ1) is 33.5. The van der Waals surface area contributed by atoms with Crippen molar-refractivity contribution in [2.45, 2.75) is 12.8 Å². The number of benzene rings is 9. The van der Waals surface area contributed by atoms with E-state index in [1.807, 2.05) is 0 Å². The Morgan fingerprint density at radius 3 is 1.83 bits per heavy atom. The molecule has 0 radical (unpaired) electrons. The van der Waals surface area contributed by atoms with Crippen LogP contribution in [0.4, 0.5) is 17.1 Å². The summed E-state index contributed by atoms with van der Waals surface area (Å²) in [4.78, 5) is 2.40. The van der Waals surface area contributed by atoms with Crippen molar-refractivity contribution >= 4 is 77.5 Å². The molecule has 12 rings (SSSR count). The summed E-state index contributed by atoms with van der Waals surface area (Å²) in [5.74, 6) is 0.984. The van der Waals surface area contributed by atoms with Crippen LogP contribution >= 0.6 is 0 Å². The first-order valence-electron chi connectivity index (χ1n) is 20.5. The van der Waals surface area contributed by atoms with Crippen LogP contribution in [-0.2, 0) is 6.42 Å². The van der Waals surface area contributed by atoms with Crippen molar-refractivity contribution in [3.05, 3.63) is 212 Å². The lowest BCUT2D eigenvalue weighted by Gasteiger charge is -2.27. The molecule has 0 atom stereocenters. The third-order valence-corrected chi connectivity index (χ3v) is 12.2. The average Bonchev–Trinajstić information content (AvgIpc) is 3.85. The Morgan fingerprint density at radius 1 is 0.441 bits per heavy atom. The van der Waals surface area contributed by atoms with Crippen molar-refractivity contribution in [1.29, 1.82) is 0 Å². The smallest absolute Gasteiger partial charge is 0.142 e. The van der Waals surface area contributed by atoms with Crippen molar-refractivity contribution in [1.82, 2.24) is 4.57 Å². The lowest BCUT2D eigenvalue weighted by atomic mass is 9.97. The number of fused-ring (bicyclic) bond motifs is 9. The third-order valence-electron chi connectivity index (χ3n) is 12.2. The van der Waals surface area contributed by atoms with E-state index in [-0.39, 0.29) is 0 Å².